The summed E-state index contributed by atoms with van der Waals surface area (Å²) in [7, 11) is 0. The molecule has 0 aliphatic carbocycles. The SMILES string of the molecule is NCCNC(=O)Cc1ccc[n+](CC2=C(C(=O)[O-])N3C(=O)[C@@H](NC(=O)CSc4cc(Cl)ccc4Cl)[C@H]3SC2)c1. The maximum absolute atomic E-state index is 12.9. The highest BCUT2D eigenvalue weighted by molar-refractivity contribution is 8.00. The van der Waals surface area contributed by atoms with Gasteiger partial charge in [-0.1, -0.05) is 23.2 Å². The van der Waals surface area contributed by atoms with Gasteiger partial charge in [-0.25, -0.2) is 4.57 Å². The van der Waals surface area contributed by atoms with E-state index in [1.54, 1.807) is 47.3 Å². The number of nitrogens with two attached hydrogens (primary N) is 1. The third kappa shape index (κ3) is 7.06. The maximum Gasteiger partial charge on any atom is 0.253 e. The van der Waals surface area contributed by atoms with Crippen molar-refractivity contribution in [2.75, 3.05) is 24.6 Å². The Hall–Kier alpha value is -2.77. The monoisotopic (exact) mass is 609 g/mol. The highest BCUT2D eigenvalue weighted by Crippen LogP contribution is 2.40. The molecule has 0 radical (unpaired) electrons. The quantitative estimate of drug-likeness (QED) is 0.184. The number of carbonyl (C=O) groups excluding carboxylic acids is 4. The number of amides is 3. The van der Waals surface area contributed by atoms with E-state index in [2.05, 4.69) is 10.6 Å². The number of hydrogen-bond donors (Lipinski definition) is 3. The number of thioether (sulfide) groups is 2. The van der Waals surface area contributed by atoms with Crippen LogP contribution >= 0.6 is 46.7 Å². The standard InChI is InChI=1S/C25H25Cl2N5O5S2/c26-16-3-4-17(27)18(9-16)38-13-20(34)30-21-23(35)32-22(25(36)37)15(12-39-24(21)32)11-31-7-1-2-14(10-31)8-19(33)29-6-5-28/h1-4,7,9-10,21,24H,5-6,8,11-13,28H2,(H2-,29,30,33,34,36,37)/t21-,24-/m1/s1. The number of hydrogen-bond acceptors (Lipinski definition) is 8. The number of carboxylic acids is 1. The van der Waals surface area contributed by atoms with Crippen LogP contribution in [0.3, 0.4) is 0 Å². The van der Waals surface area contributed by atoms with E-state index in [1.165, 1.54) is 28.4 Å². The van der Waals surface area contributed by atoms with E-state index in [1.807, 2.05) is 0 Å². The molecule has 2 aliphatic heterocycles. The molecule has 0 spiro atoms. The van der Waals surface area contributed by atoms with Crippen LogP contribution in [0.5, 0.6) is 0 Å². The van der Waals surface area contributed by atoms with E-state index in [-0.39, 0.29) is 36.2 Å². The molecule has 4 rings (SSSR count). The highest BCUT2D eigenvalue weighted by Gasteiger charge is 2.53. The minimum Gasteiger partial charge on any atom is -0.543 e. The van der Waals surface area contributed by atoms with E-state index in [9.17, 15) is 24.3 Å². The molecule has 206 valence electrons. The summed E-state index contributed by atoms with van der Waals surface area (Å²) in [5.74, 6) is -2.20. The van der Waals surface area contributed by atoms with E-state index >= 15 is 0 Å². The molecule has 2 aliphatic rings. The lowest BCUT2D eigenvalue weighted by molar-refractivity contribution is -0.689. The van der Waals surface area contributed by atoms with Gasteiger partial charge in [-0.15, -0.1) is 23.5 Å². The molecule has 2 atom stereocenters. The van der Waals surface area contributed by atoms with Crippen molar-refractivity contribution in [1.82, 2.24) is 15.5 Å². The first-order valence-electron chi connectivity index (χ1n) is 11.9. The Morgan fingerprint density at radius 1 is 1.23 bits per heavy atom. The Balaban J connectivity index is 1.40. The second-order valence-corrected chi connectivity index (χ2v) is 11.7. The highest BCUT2D eigenvalue weighted by atomic mass is 35.5. The summed E-state index contributed by atoms with van der Waals surface area (Å²) in [6.07, 6.45) is 3.66. The number of nitrogens with one attached hydrogen (secondary N) is 2. The van der Waals surface area contributed by atoms with Crippen LogP contribution in [-0.2, 0) is 32.1 Å². The second kappa shape index (κ2) is 13.1. The van der Waals surface area contributed by atoms with Gasteiger partial charge < -0.3 is 26.3 Å². The number of halogens is 2. The van der Waals surface area contributed by atoms with Gasteiger partial charge in [0.25, 0.3) is 5.91 Å². The fraction of sp³-hybridized carbons (Fsp3) is 0.320. The van der Waals surface area contributed by atoms with E-state index in [0.717, 1.165) is 5.56 Å². The molecule has 2 aromatic rings. The first-order chi connectivity index (χ1) is 18.7. The largest absolute Gasteiger partial charge is 0.543 e. The predicted molar refractivity (Wildman–Crippen MR) is 147 cm³/mol. The van der Waals surface area contributed by atoms with E-state index < -0.39 is 23.3 Å². The van der Waals surface area contributed by atoms with Crippen LogP contribution < -0.4 is 26.0 Å². The number of β-lactam (4-membered cyclic amide) rings is 1. The molecule has 1 aromatic heterocycles. The molecule has 4 N–H and O–H groups in total. The minimum absolute atomic E-state index is 0.00683. The molecule has 3 amide bonds. The van der Waals surface area contributed by atoms with Crippen molar-refractivity contribution < 1.29 is 28.9 Å². The summed E-state index contributed by atoms with van der Waals surface area (Å²) in [4.78, 5) is 51.4. The zero-order chi connectivity index (χ0) is 28.1. The molecule has 1 fully saturated rings. The van der Waals surface area contributed by atoms with Crippen LogP contribution in [0.2, 0.25) is 10.0 Å². The summed E-state index contributed by atoms with van der Waals surface area (Å²) < 4.78 is 1.76. The number of carbonyl (C=O) groups is 4. The molecule has 3 heterocycles. The number of aliphatic carboxylic acids is 1. The predicted octanol–water partition coefficient (Wildman–Crippen LogP) is 0.0945. The summed E-state index contributed by atoms with van der Waals surface area (Å²) >= 11 is 14.7. The maximum atomic E-state index is 12.9. The van der Waals surface area contributed by atoms with Crippen molar-refractivity contribution in [3.05, 3.63) is 69.6 Å². The van der Waals surface area contributed by atoms with Crippen LogP contribution in [-0.4, -0.2) is 64.6 Å². The van der Waals surface area contributed by atoms with E-state index in [0.29, 0.717) is 39.4 Å². The average molecular weight is 611 g/mol. The normalized spacial score (nSPS) is 18.3. The Labute approximate surface area is 243 Å². The third-order valence-corrected chi connectivity index (χ3v) is 9.00. The van der Waals surface area contributed by atoms with Gasteiger partial charge in [0.2, 0.25) is 11.8 Å². The Morgan fingerprint density at radius 3 is 2.77 bits per heavy atom. The van der Waals surface area contributed by atoms with Gasteiger partial charge >= 0.3 is 0 Å². The van der Waals surface area contributed by atoms with Crippen molar-refractivity contribution in [1.29, 1.82) is 0 Å². The molecule has 39 heavy (non-hydrogen) atoms. The van der Waals surface area contributed by atoms with Crippen molar-refractivity contribution in [3.63, 3.8) is 0 Å². The summed E-state index contributed by atoms with van der Waals surface area (Å²) in [5, 5.41) is 17.9. The van der Waals surface area contributed by atoms with Gasteiger partial charge in [-0.05, 0) is 24.3 Å². The van der Waals surface area contributed by atoms with Gasteiger partial charge in [0.05, 0.1) is 28.9 Å². The fourth-order valence-electron chi connectivity index (χ4n) is 4.20. The first-order valence-corrected chi connectivity index (χ1v) is 14.7. The van der Waals surface area contributed by atoms with E-state index in [4.69, 9.17) is 28.9 Å². The molecule has 1 aromatic carbocycles. The molecule has 14 heteroatoms. The molecular formula is C25H25Cl2N5O5S2. The number of rotatable bonds is 11. The van der Waals surface area contributed by atoms with Crippen molar-refractivity contribution >= 4 is 70.4 Å². The zero-order valence-electron chi connectivity index (χ0n) is 20.5. The fourth-order valence-corrected chi connectivity index (χ4v) is 6.84. The van der Waals surface area contributed by atoms with Gasteiger partial charge in [-0.2, -0.15) is 0 Å². The summed E-state index contributed by atoms with van der Waals surface area (Å²) in [6, 6.07) is 7.64. The van der Waals surface area contributed by atoms with Crippen LogP contribution in [0.1, 0.15) is 5.56 Å². The Kier molecular flexibility index (Phi) is 9.78. The molecule has 0 bridgehead atoms. The molecule has 10 nitrogen and oxygen atoms in total. The van der Waals surface area contributed by atoms with Crippen molar-refractivity contribution in [2.45, 2.75) is 29.3 Å². The topological polar surface area (TPSA) is 149 Å². The number of benzene rings is 1. The number of aromatic nitrogens is 1. The lowest BCUT2D eigenvalue weighted by Crippen LogP contribution is -2.71. The van der Waals surface area contributed by atoms with Crippen LogP contribution in [0.25, 0.3) is 0 Å². The summed E-state index contributed by atoms with van der Waals surface area (Å²) in [5.41, 5.74) is 6.46. The lowest BCUT2D eigenvalue weighted by Gasteiger charge is -2.50. The van der Waals surface area contributed by atoms with Gasteiger partial charge in [0.1, 0.15) is 11.4 Å². The molecular weight excluding hydrogens is 585 g/mol. The number of carboxylic acid groups (broad SMARTS) is 1. The van der Waals surface area contributed by atoms with Crippen molar-refractivity contribution in [2.24, 2.45) is 5.73 Å². The molecule has 1 saturated heterocycles. The minimum atomic E-state index is -1.46. The molecule has 0 saturated carbocycles. The Morgan fingerprint density at radius 2 is 2.03 bits per heavy atom. The van der Waals surface area contributed by atoms with Crippen molar-refractivity contribution in [3.8, 4) is 0 Å². The number of nitrogens with zero attached hydrogens (tertiary/aromatic N) is 2. The Bertz CT molecular complexity index is 1340. The summed E-state index contributed by atoms with van der Waals surface area (Å²) in [6.45, 7) is 0.918. The number of fused-ring (bicyclic) bond motifs is 1. The van der Waals surface area contributed by atoms with Crippen LogP contribution in [0.15, 0.2) is 58.9 Å². The van der Waals surface area contributed by atoms with Gasteiger partial charge in [0, 0.05) is 46.0 Å². The van der Waals surface area contributed by atoms with Crippen LogP contribution in [0.4, 0.5) is 0 Å². The van der Waals surface area contributed by atoms with Gasteiger partial charge in [-0.3, -0.25) is 19.3 Å². The van der Waals surface area contributed by atoms with Crippen LogP contribution in [0, 0.1) is 0 Å². The smallest absolute Gasteiger partial charge is 0.253 e. The average Bonchev–Trinajstić information content (AvgIpc) is 2.90. The second-order valence-electron chi connectivity index (χ2n) is 8.76. The van der Waals surface area contributed by atoms with Gasteiger partial charge in [0.15, 0.2) is 18.9 Å². The molecule has 0 unspecified atom stereocenters. The zero-order valence-corrected chi connectivity index (χ0v) is 23.7. The third-order valence-electron chi connectivity index (χ3n) is 5.93. The number of pyridine rings is 1. The lowest BCUT2D eigenvalue weighted by atomic mass is 10.0. The first kappa shape index (κ1) is 29.2.